The number of likely N-dealkylation sites (N-methyl/N-ethyl adjacent to an activating group) is 1. The van der Waals surface area contributed by atoms with Gasteiger partial charge in [-0.1, -0.05) is 12.2 Å². The lowest BCUT2D eigenvalue weighted by Crippen LogP contribution is -2.04. The molecule has 1 aliphatic carbocycles. The van der Waals surface area contributed by atoms with E-state index in [9.17, 15) is 4.39 Å². The fourth-order valence-electron chi connectivity index (χ4n) is 1.58. The molecule has 1 N–H and O–H groups in total. The van der Waals surface area contributed by atoms with Crippen LogP contribution in [0.3, 0.4) is 0 Å². The summed E-state index contributed by atoms with van der Waals surface area (Å²) < 4.78 is 18.9. The van der Waals surface area contributed by atoms with E-state index in [4.69, 9.17) is 4.74 Å². The maximum atomic E-state index is 13.2. The minimum atomic E-state index is -0.229. The second-order valence-corrected chi connectivity index (χ2v) is 4.40. The summed E-state index contributed by atoms with van der Waals surface area (Å²) in [7, 11) is 1.88. The van der Waals surface area contributed by atoms with Crippen LogP contribution in [0.25, 0.3) is 6.08 Å². The van der Waals surface area contributed by atoms with Crippen LogP contribution in [-0.4, -0.2) is 20.2 Å². The van der Waals surface area contributed by atoms with Crippen LogP contribution < -0.4 is 10.1 Å². The summed E-state index contributed by atoms with van der Waals surface area (Å²) in [5, 5.41) is 3.01. The monoisotopic (exact) mass is 235 g/mol. The maximum absolute atomic E-state index is 13.2. The fraction of sp³-hybridized carbons (Fsp3) is 0.429. The fourth-order valence-corrected chi connectivity index (χ4v) is 1.58. The van der Waals surface area contributed by atoms with Gasteiger partial charge in [-0.2, -0.15) is 0 Å². The lowest BCUT2D eigenvalue weighted by atomic mass is 10.2. The lowest BCUT2D eigenvalue weighted by Gasteiger charge is -2.08. The Balaban J connectivity index is 2.05. The molecule has 1 fully saturated rings. The van der Waals surface area contributed by atoms with Crippen molar-refractivity contribution in [1.29, 1.82) is 0 Å². The average molecular weight is 235 g/mol. The number of hydrogen-bond acceptors (Lipinski definition) is 2. The number of nitrogens with one attached hydrogen (secondary N) is 1. The molecule has 0 aromatic heterocycles. The van der Waals surface area contributed by atoms with E-state index in [1.807, 2.05) is 19.2 Å². The Kier molecular flexibility index (Phi) is 4.15. The zero-order valence-electron chi connectivity index (χ0n) is 10.1. The van der Waals surface area contributed by atoms with Crippen molar-refractivity contribution in [2.45, 2.75) is 12.8 Å². The number of benzene rings is 1. The Morgan fingerprint density at radius 1 is 1.47 bits per heavy atom. The quantitative estimate of drug-likeness (QED) is 0.818. The Hall–Kier alpha value is -1.35. The van der Waals surface area contributed by atoms with Gasteiger partial charge in [0.1, 0.15) is 11.6 Å². The average Bonchev–Trinajstić information content (AvgIpc) is 3.12. The smallest absolute Gasteiger partial charge is 0.126 e. The van der Waals surface area contributed by atoms with Gasteiger partial charge < -0.3 is 10.1 Å². The molecule has 2 nitrogen and oxygen atoms in total. The molecule has 17 heavy (non-hydrogen) atoms. The third-order valence-corrected chi connectivity index (χ3v) is 2.76. The van der Waals surface area contributed by atoms with Crippen LogP contribution in [0, 0.1) is 11.7 Å². The van der Waals surface area contributed by atoms with Gasteiger partial charge >= 0.3 is 0 Å². The molecule has 0 aliphatic heterocycles. The first kappa shape index (κ1) is 12.1. The molecule has 1 aromatic carbocycles. The van der Waals surface area contributed by atoms with Crippen molar-refractivity contribution in [3.8, 4) is 5.75 Å². The Morgan fingerprint density at radius 2 is 2.29 bits per heavy atom. The van der Waals surface area contributed by atoms with E-state index < -0.39 is 0 Å². The van der Waals surface area contributed by atoms with E-state index in [0.29, 0.717) is 5.92 Å². The number of halogens is 1. The molecule has 0 atom stereocenters. The van der Waals surface area contributed by atoms with Crippen molar-refractivity contribution < 1.29 is 9.13 Å². The number of hydrogen-bond donors (Lipinski definition) is 1. The van der Waals surface area contributed by atoms with Crippen molar-refractivity contribution in [1.82, 2.24) is 5.32 Å². The Labute approximate surface area is 101 Å². The van der Waals surface area contributed by atoms with Crippen LogP contribution in [-0.2, 0) is 0 Å². The van der Waals surface area contributed by atoms with Crippen LogP contribution in [0.1, 0.15) is 18.4 Å². The molecule has 92 valence electrons. The Bertz CT molecular complexity index is 399. The van der Waals surface area contributed by atoms with E-state index in [2.05, 4.69) is 5.32 Å². The summed E-state index contributed by atoms with van der Waals surface area (Å²) in [6, 6.07) is 4.66. The van der Waals surface area contributed by atoms with Crippen LogP contribution >= 0.6 is 0 Å². The summed E-state index contributed by atoms with van der Waals surface area (Å²) in [4.78, 5) is 0. The van der Waals surface area contributed by atoms with Gasteiger partial charge in [0.15, 0.2) is 0 Å². The highest BCUT2D eigenvalue weighted by atomic mass is 19.1. The van der Waals surface area contributed by atoms with Crippen molar-refractivity contribution in [3.05, 3.63) is 35.7 Å². The van der Waals surface area contributed by atoms with Crippen LogP contribution in [0.2, 0.25) is 0 Å². The molecule has 0 saturated heterocycles. The van der Waals surface area contributed by atoms with Gasteiger partial charge in [0, 0.05) is 12.1 Å². The molecular formula is C14H18FNO. The maximum Gasteiger partial charge on any atom is 0.126 e. The van der Waals surface area contributed by atoms with Gasteiger partial charge in [-0.15, -0.1) is 0 Å². The Morgan fingerprint density at radius 3 is 3.00 bits per heavy atom. The minimum Gasteiger partial charge on any atom is -0.493 e. The SMILES string of the molecule is CNCC=Cc1cc(F)ccc1OCC1CC1. The van der Waals surface area contributed by atoms with Crippen molar-refractivity contribution in [2.75, 3.05) is 20.2 Å². The van der Waals surface area contributed by atoms with Crippen LogP contribution in [0.15, 0.2) is 24.3 Å². The molecule has 0 heterocycles. The highest BCUT2D eigenvalue weighted by Gasteiger charge is 2.22. The van der Waals surface area contributed by atoms with Crippen LogP contribution in [0.4, 0.5) is 4.39 Å². The highest BCUT2D eigenvalue weighted by molar-refractivity contribution is 5.57. The van der Waals surface area contributed by atoms with Gasteiger partial charge in [0.2, 0.25) is 0 Å². The first-order valence-electron chi connectivity index (χ1n) is 6.03. The predicted molar refractivity (Wildman–Crippen MR) is 67.6 cm³/mol. The molecular weight excluding hydrogens is 217 g/mol. The number of ether oxygens (including phenoxy) is 1. The lowest BCUT2D eigenvalue weighted by molar-refractivity contribution is 0.298. The van der Waals surface area contributed by atoms with Gasteiger partial charge in [0.25, 0.3) is 0 Å². The van der Waals surface area contributed by atoms with Gasteiger partial charge in [-0.05, 0) is 44.0 Å². The molecule has 0 radical (unpaired) electrons. The molecule has 0 bridgehead atoms. The second kappa shape index (κ2) is 5.82. The van der Waals surface area contributed by atoms with E-state index in [0.717, 1.165) is 24.5 Å². The van der Waals surface area contributed by atoms with E-state index in [-0.39, 0.29) is 5.82 Å². The number of rotatable bonds is 6. The molecule has 1 aliphatic rings. The normalized spacial score (nSPS) is 15.4. The zero-order chi connectivity index (χ0) is 12.1. The first-order chi connectivity index (χ1) is 8.29. The summed E-state index contributed by atoms with van der Waals surface area (Å²) >= 11 is 0. The minimum absolute atomic E-state index is 0.229. The van der Waals surface area contributed by atoms with Crippen molar-refractivity contribution in [3.63, 3.8) is 0 Å². The summed E-state index contributed by atoms with van der Waals surface area (Å²) in [6.45, 7) is 1.51. The summed E-state index contributed by atoms with van der Waals surface area (Å²) in [5.41, 5.74) is 0.806. The first-order valence-corrected chi connectivity index (χ1v) is 6.03. The van der Waals surface area contributed by atoms with Crippen molar-refractivity contribution in [2.24, 2.45) is 5.92 Å². The largest absolute Gasteiger partial charge is 0.493 e. The predicted octanol–water partition coefficient (Wildman–Crippen LogP) is 2.85. The van der Waals surface area contributed by atoms with Crippen molar-refractivity contribution >= 4 is 6.08 Å². The topological polar surface area (TPSA) is 21.3 Å². The van der Waals surface area contributed by atoms with E-state index in [1.165, 1.54) is 25.0 Å². The second-order valence-electron chi connectivity index (χ2n) is 4.40. The molecule has 0 unspecified atom stereocenters. The summed E-state index contributed by atoms with van der Waals surface area (Å²) in [5.74, 6) is 1.24. The van der Waals surface area contributed by atoms with Crippen LogP contribution in [0.5, 0.6) is 5.75 Å². The third-order valence-electron chi connectivity index (χ3n) is 2.76. The highest BCUT2D eigenvalue weighted by Crippen LogP contribution is 2.30. The molecule has 1 saturated carbocycles. The molecule has 1 aromatic rings. The van der Waals surface area contributed by atoms with Gasteiger partial charge in [-0.3, -0.25) is 0 Å². The van der Waals surface area contributed by atoms with Gasteiger partial charge in [0.05, 0.1) is 6.61 Å². The molecule has 3 heteroatoms. The summed E-state index contributed by atoms with van der Waals surface area (Å²) in [6.07, 6.45) is 6.36. The standard InChI is InChI=1S/C14H18FNO/c1-16-8-2-3-12-9-13(15)6-7-14(12)17-10-11-4-5-11/h2-3,6-7,9,11,16H,4-5,8,10H2,1H3. The third kappa shape index (κ3) is 3.86. The van der Waals surface area contributed by atoms with Gasteiger partial charge in [-0.25, -0.2) is 4.39 Å². The van der Waals surface area contributed by atoms with E-state index >= 15 is 0 Å². The molecule has 0 amide bonds. The molecule has 2 rings (SSSR count). The molecule has 0 spiro atoms. The van der Waals surface area contributed by atoms with E-state index in [1.54, 1.807) is 6.07 Å². The zero-order valence-corrected chi connectivity index (χ0v) is 10.1.